The van der Waals surface area contributed by atoms with Crippen LogP contribution < -0.4 is 0 Å². The molecule has 0 amide bonds. The van der Waals surface area contributed by atoms with E-state index in [1.54, 1.807) is 0 Å². The minimum atomic E-state index is 1.13. The summed E-state index contributed by atoms with van der Waals surface area (Å²) in [6.07, 6.45) is 3.85. The predicted octanol–water partition coefficient (Wildman–Crippen LogP) is 2.57. The zero-order valence-corrected chi connectivity index (χ0v) is 8.44. The van der Waals surface area contributed by atoms with Gasteiger partial charge in [-0.25, -0.2) is 0 Å². The molecule has 3 aromatic rings. The van der Waals surface area contributed by atoms with Crippen LogP contribution >= 0.6 is 0 Å². The Morgan fingerprint density at radius 3 is 2.87 bits per heavy atom. The van der Waals surface area contributed by atoms with Gasteiger partial charge in [0.05, 0.1) is 5.69 Å². The number of fused-ring (bicyclic) bond motifs is 1. The van der Waals surface area contributed by atoms with E-state index in [1.165, 1.54) is 10.9 Å². The minimum absolute atomic E-state index is 1.13. The largest absolute Gasteiger partial charge is 0.360 e. The number of hydrogen-bond donors (Lipinski definition) is 1. The van der Waals surface area contributed by atoms with Crippen LogP contribution in [0, 0.1) is 0 Å². The number of aryl methyl sites for hydroxylation is 1. The highest BCUT2D eigenvalue weighted by Crippen LogP contribution is 2.27. The summed E-state index contributed by atoms with van der Waals surface area (Å²) in [6.45, 7) is 0. The fourth-order valence-electron chi connectivity index (χ4n) is 1.92. The number of para-hydroxylation sites is 1. The second-order valence-corrected chi connectivity index (χ2v) is 3.59. The first kappa shape index (κ1) is 8.29. The number of H-pyrrole nitrogens is 1. The smallest absolute Gasteiger partial charge is 0.0700 e. The minimum Gasteiger partial charge on any atom is -0.360 e. The van der Waals surface area contributed by atoms with Crippen molar-refractivity contribution in [1.82, 2.24) is 14.8 Å². The van der Waals surface area contributed by atoms with Crippen LogP contribution in [-0.4, -0.2) is 14.8 Å². The lowest BCUT2D eigenvalue weighted by Gasteiger charge is -1.99. The zero-order chi connectivity index (χ0) is 10.3. The van der Waals surface area contributed by atoms with Crippen molar-refractivity contribution in [2.75, 3.05) is 0 Å². The van der Waals surface area contributed by atoms with Crippen molar-refractivity contribution in [3.63, 3.8) is 0 Å². The van der Waals surface area contributed by atoms with Gasteiger partial charge in [0.1, 0.15) is 0 Å². The van der Waals surface area contributed by atoms with Gasteiger partial charge in [0.15, 0.2) is 0 Å². The molecule has 74 valence electrons. The fourth-order valence-corrected chi connectivity index (χ4v) is 1.92. The van der Waals surface area contributed by atoms with Gasteiger partial charge in [-0.3, -0.25) is 4.68 Å². The Kier molecular flexibility index (Phi) is 1.65. The molecule has 0 saturated carbocycles. The third kappa shape index (κ3) is 1.16. The monoisotopic (exact) mass is 197 g/mol. The van der Waals surface area contributed by atoms with Gasteiger partial charge in [-0.15, -0.1) is 0 Å². The second kappa shape index (κ2) is 2.98. The van der Waals surface area contributed by atoms with E-state index in [0.29, 0.717) is 0 Å². The molecule has 1 aromatic carbocycles. The van der Waals surface area contributed by atoms with Gasteiger partial charge in [-0.2, -0.15) is 5.10 Å². The summed E-state index contributed by atoms with van der Waals surface area (Å²) in [4.78, 5) is 3.26. The Labute approximate surface area is 87.4 Å². The molecule has 0 radical (unpaired) electrons. The Morgan fingerprint density at radius 2 is 2.07 bits per heavy atom. The highest BCUT2D eigenvalue weighted by atomic mass is 15.3. The van der Waals surface area contributed by atoms with E-state index in [0.717, 1.165) is 11.2 Å². The number of aromatic amines is 1. The molecule has 0 saturated heterocycles. The Hall–Kier alpha value is -2.03. The van der Waals surface area contributed by atoms with Crippen molar-refractivity contribution in [1.29, 1.82) is 0 Å². The summed E-state index contributed by atoms with van der Waals surface area (Å²) in [6, 6.07) is 10.3. The number of rotatable bonds is 1. The SMILES string of the molecule is Cn1nccc1-c1c[nH]c2ccccc12. The topological polar surface area (TPSA) is 33.6 Å². The number of nitrogens with zero attached hydrogens (tertiary/aromatic N) is 2. The van der Waals surface area contributed by atoms with Crippen LogP contribution in [0.15, 0.2) is 42.7 Å². The van der Waals surface area contributed by atoms with Gasteiger partial charge in [0, 0.05) is 35.9 Å². The van der Waals surface area contributed by atoms with Crippen LogP contribution in [0.25, 0.3) is 22.2 Å². The van der Waals surface area contributed by atoms with Crippen molar-refractivity contribution in [3.8, 4) is 11.3 Å². The standard InChI is InChI=1S/C12H11N3/c1-15-12(6-7-14-15)10-8-13-11-5-3-2-4-9(10)11/h2-8,13H,1H3. The third-order valence-electron chi connectivity index (χ3n) is 2.69. The Morgan fingerprint density at radius 1 is 1.20 bits per heavy atom. The molecule has 3 rings (SSSR count). The molecule has 1 N–H and O–H groups in total. The van der Waals surface area contributed by atoms with Crippen LogP contribution in [0.4, 0.5) is 0 Å². The number of benzene rings is 1. The van der Waals surface area contributed by atoms with Crippen molar-refractivity contribution in [3.05, 3.63) is 42.7 Å². The highest BCUT2D eigenvalue weighted by molar-refractivity contribution is 5.94. The molecule has 0 aliphatic heterocycles. The first-order chi connectivity index (χ1) is 7.36. The predicted molar refractivity (Wildman–Crippen MR) is 60.5 cm³/mol. The lowest BCUT2D eigenvalue weighted by molar-refractivity contribution is 0.776. The van der Waals surface area contributed by atoms with Crippen LogP contribution in [0.2, 0.25) is 0 Å². The maximum Gasteiger partial charge on any atom is 0.0700 e. The zero-order valence-electron chi connectivity index (χ0n) is 8.44. The van der Waals surface area contributed by atoms with Gasteiger partial charge < -0.3 is 4.98 Å². The molecule has 0 fully saturated rings. The van der Waals surface area contributed by atoms with Crippen molar-refractivity contribution < 1.29 is 0 Å². The molecule has 0 aliphatic carbocycles. The average Bonchev–Trinajstić information content (AvgIpc) is 2.83. The van der Waals surface area contributed by atoms with Crippen LogP contribution in [0.5, 0.6) is 0 Å². The molecule has 2 heterocycles. The maximum absolute atomic E-state index is 4.18. The molecule has 0 atom stereocenters. The van der Waals surface area contributed by atoms with Gasteiger partial charge >= 0.3 is 0 Å². The summed E-state index contributed by atoms with van der Waals surface area (Å²) >= 11 is 0. The normalized spacial score (nSPS) is 11.0. The fraction of sp³-hybridized carbons (Fsp3) is 0.0833. The molecule has 3 heteroatoms. The lowest BCUT2D eigenvalue weighted by Crippen LogP contribution is -1.92. The molecule has 15 heavy (non-hydrogen) atoms. The molecule has 0 unspecified atom stereocenters. The molecular formula is C12H11N3. The van der Waals surface area contributed by atoms with E-state index in [1.807, 2.05) is 36.3 Å². The van der Waals surface area contributed by atoms with E-state index in [9.17, 15) is 0 Å². The summed E-state index contributed by atoms with van der Waals surface area (Å²) in [5.74, 6) is 0. The van der Waals surface area contributed by atoms with Gasteiger partial charge in [-0.1, -0.05) is 18.2 Å². The van der Waals surface area contributed by atoms with E-state index >= 15 is 0 Å². The van der Waals surface area contributed by atoms with Crippen LogP contribution in [0.1, 0.15) is 0 Å². The van der Waals surface area contributed by atoms with Crippen LogP contribution in [0.3, 0.4) is 0 Å². The Bertz CT molecular complexity index is 604. The molecule has 0 spiro atoms. The Balaban J connectivity index is 2.32. The molecule has 2 aromatic heterocycles. The van der Waals surface area contributed by atoms with E-state index < -0.39 is 0 Å². The van der Waals surface area contributed by atoms with Gasteiger partial charge in [0.2, 0.25) is 0 Å². The number of aromatic nitrogens is 3. The molecule has 0 aliphatic rings. The maximum atomic E-state index is 4.18. The van der Waals surface area contributed by atoms with Crippen molar-refractivity contribution >= 4 is 10.9 Å². The summed E-state index contributed by atoms with van der Waals surface area (Å²) in [5, 5.41) is 5.42. The lowest BCUT2D eigenvalue weighted by atomic mass is 10.1. The van der Waals surface area contributed by atoms with Crippen LogP contribution in [-0.2, 0) is 7.05 Å². The molecule has 0 bridgehead atoms. The molecular weight excluding hydrogens is 186 g/mol. The van der Waals surface area contributed by atoms with Gasteiger partial charge in [0.25, 0.3) is 0 Å². The second-order valence-electron chi connectivity index (χ2n) is 3.59. The number of nitrogens with one attached hydrogen (secondary N) is 1. The molecule has 3 nitrogen and oxygen atoms in total. The quantitative estimate of drug-likeness (QED) is 0.639. The van der Waals surface area contributed by atoms with E-state index in [4.69, 9.17) is 0 Å². The van der Waals surface area contributed by atoms with Crippen molar-refractivity contribution in [2.45, 2.75) is 0 Å². The first-order valence-electron chi connectivity index (χ1n) is 4.91. The summed E-state index contributed by atoms with van der Waals surface area (Å²) < 4.78 is 1.88. The summed E-state index contributed by atoms with van der Waals surface area (Å²) in [5.41, 5.74) is 3.49. The van der Waals surface area contributed by atoms with E-state index in [2.05, 4.69) is 28.3 Å². The van der Waals surface area contributed by atoms with Crippen molar-refractivity contribution in [2.24, 2.45) is 7.05 Å². The number of hydrogen-bond acceptors (Lipinski definition) is 1. The highest BCUT2D eigenvalue weighted by Gasteiger charge is 2.07. The third-order valence-corrected chi connectivity index (χ3v) is 2.69. The van der Waals surface area contributed by atoms with Gasteiger partial charge in [-0.05, 0) is 12.1 Å². The first-order valence-corrected chi connectivity index (χ1v) is 4.91. The average molecular weight is 197 g/mol. The summed E-state index contributed by atoms with van der Waals surface area (Å²) in [7, 11) is 1.96. The van der Waals surface area contributed by atoms with E-state index in [-0.39, 0.29) is 0 Å².